The topological polar surface area (TPSA) is 70.8 Å². The van der Waals surface area contributed by atoms with E-state index in [-0.39, 0.29) is 6.61 Å². The van der Waals surface area contributed by atoms with Crippen LogP contribution in [-0.4, -0.2) is 24.7 Å². The zero-order valence-electron chi connectivity index (χ0n) is 16.1. The lowest BCUT2D eigenvalue weighted by atomic mass is 10.2. The van der Waals surface area contributed by atoms with Gasteiger partial charge in [-0.25, -0.2) is 9.78 Å². The van der Waals surface area contributed by atoms with Crippen molar-refractivity contribution in [1.82, 2.24) is 4.98 Å². The third-order valence-corrected chi connectivity index (χ3v) is 4.17. The first-order chi connectivity index (χ1) is 14.1. The van der Waals surface area contributed by atoms with Crippen LogP contribution in [0, 0.1) is 0 Å². The highest BCUT2D eigenvalue weighted by Crippen LogP contribution is 2.28. The quantitative estimate of drug-likeness (QED) is 0.375. The number of benzene rings is 2. The summed E-state index contributed by atoms with van der Waals surface area (Å²) in [6, 6.07) is 12.6. The van der Waals surface area contributed by atoms with Crippen LogP contribution < -0.4 is 9.47 Å². The first-order valence-corrected chi connectivity index (χ1v) is 9.33. The van der Waals surface area contributed by atoms with E-state index in [1.165, 1.54) is 6.08 Å². The number of rotatable bonds is 8. The van der Waals surface area contributed by atoms with Gasteiger partial charge in [0.15, 0.2) is 23.9 Å². The Hall–Kier alpha value is -3.25. The maximum Gasteiger partial charge on any atom is 0.331 e. The van der Waals surface area contributed by atoms with Crippen molar-refractivity contribution in [3.63, 3.8) is 0 Å². The van der Waals surface area contributed by atoms with Gasteiger partial charge in [0.1, 0.15) is 0 Å². The Labute approximate surface area is 173 Å². The second kappa shape index (κ2) is 9.80. The molecule has 0 unspecified atom stereocenters. The molecule has 3 aromatic rings. The number of halogens is 1. The van der Waals surface area contributed by atoms with Crippen LogP contribution in [0.15, 0.2) is 59.2 Å². The van der Waals surface area contributed by atoms with Crippen molar-refractivity contribution >= 4 is 23.6 Å². The first-order valence-electron chi connectivity index (χ1n) is 8.95. The number of methoxy groups -OCH3 is 1. The van der Waals surface area contributed by atoms with Gasteiger partial charge in [0.25, 0.3) is 0 Å². The van der Waals surface area contributed by atoms with Gasteiger partial charge in [-0.05, 0) is 55.0 Å². The van der Waals surface area contributed by atoms with Crippen LogP contribution >= 0.6 is 11.6 Å². The normalized spacial score (nSPS) is 10.9. The maximum absolute atomic E-state index is 12.0. The lowest BCUT2D eigenvalue weighted by Crippen LogP contribution is -2.00. The molecule has 3 rings (SSSR count). The third kappa shape index (κ3) is 5.62. The Morgan fingerprint density at radius 2 is 1.97 bits per heavy atom. The lowest BCUT2D eigenvalue weighted by Gasteiger charge is -2.09. The molecule has 1 aromatic heterocycles. The molecule has 1 heterocycles. The molecule has 0 aliphatic carbocycles. The average molecular weight is 414 g/mol. The molecule has 0 aliphatic heterocycles. The smallest absolute Gasteiger partial charge is 0.331 e. The van der Waals surface area contributed by atoms with Crippen LogP contribution in [0.25, 0.3) is 17.4 Å². The Kier molecular flexibility index (Phi) is 6.92. The van der Waals surface area contributed by atoms with Gasteiger partial charge in [0.05, 0.1) is 19.9 Å². The predicted octanol–water partition coefficient (Wildman–Crippen LogP) is 5.16. The molecule has 0 atom stereocenters. The van der Waals surface area contributed by atoms with Crippen LogP contribution in [0.1, 0.15) is 18.4 Å². The largest absolute Gasteiger partial charge is 0.493 e. The Balaban J connectivity index is 1.57. The highest BCUT2D eigenvalue weighted by molar-refractivity contribution is 6.30. The van der Waals surface area contributed by atoms with Crippen molar-refractivity contribution < 1.29 is 23.4 Å². The molecule has 150 valence electrons. The third-order valence-electron chi connectivity index (χ3n) is 3.92. The molecule has 0 N–H and O–H groups in total. The summed E-state index contributed by atoms with van der Waals surface area (Å²) in [6.07, 6.45) is 4.54. The molecular formula is C22H20ClNO5. The van der Waals surface area contributed by atoms with Crippen LogP contribution in [0.3, 0.4) is 0 Å². The van der Waals surface area contributed by atoms with Crippen molar-refractivity contribution in [2.45, 2.75) is 13.5 Å². The number of aromatic nitrogens is 1. The molecule has 29 heavy (non-hydrogen) atoms. The Morgan fingerprint density at radius 1 is 1.17 bits per heavy atom. The predicted molar refractivity (Wildman–Crippen MR) is 110 cm³/mol. The molecule has 0 fully saturated rings. The van der Waals surface area contributed by atoms with Crippen molar-refractivity contribution in [2.75, 3.05) is 13.7 Å². The van der Waals surface area contributed by atoms with Crippen molar-refractivity contribution in [3.05, 3.63) is 71.2 Å². The van der Waals surface area contributed by atoms with Gasteiger partial charge in [-0.15, -0.1) is 0 Å². The molecule has 2 aromatic carbocycles. The summed E-state index contributed by atoms with van der Waals surface area (Å²) < 4.78 is 21.5. The lowest BCUT2D eigenvalue weighted by molar-refractivity contribution is -0.139. The molecule has 0 spiro atoms. The number of ether oxygens (including phenoxy) is 3. The molecule has 0 radical (unpaired) electrons. The van der Waals surface area contributed by atoms with E-state index in [9.17, 15) is 4.79 Å². The molecule has 0 saturated heterocycles. The molecule has 0 aliphatic rings. The fourth-order valence-corrected chi connectivity index (χ4v) is 2.66. The van der Waals surface area contributed by atoms with Crippen LogP contribution in [0.5, 0.6) is 11.5 Å². The fourth-order valence-electron chi connectivity index (χ4n) is 2.53. The summed E-state index contributed by atoms with van der Waals surface area (Å²) in [7, 11) is 1.56. The summed E-state index contributed by atoms with van der Waals surface area (Å²) in [5.74, 6) is 1.61. The number of hydrogen-bond donors (Lipinski definition) is 0. The molecule has 0 saturated carbocycles. The Bertz CT molecular complexity index is 995. The zero-order valence-corrected chi connectivity index (χ0v) is 16.8. The van der Waals surface area contributed by atoms with E-state index in [0.717, 1.165) is 11.1 Å². The standard InChI is InChI=1S/C22H20ClNO5/c1-3-27-18-10-4-15(12-19(18)26-2)5-11-22(25)28-14-21-24-13-20(29-21)16-6-8-17(23)9-7-16/h4-13H,3,14H2,1-2H3/b11-5+. The minimum Gasteiger partial charge on any atom is -0.493 e. The summed E-state index contributed by atoms with van der Waals surface area (Å²) in [6.45, 7) is 2.37. The average Bonchev–Trinajstić information content (AvgIpc) is 3.21. The van der Waals surface area contributed by atoms with Gasteiger partial charge in [0, 0.05) is 16.7 Å². The van der Waals surface area contributed by atoms with Crippen LogP contribution in [0.4, 0.5) is 0 Å². The highest BCUT2D eigenvalue weighted by atomic mass is 35.5. The second-order valence-electron chi connectivity index (χ2n) is 5.91. The van der Waals surface area contributed by atoms with Gasteiger partial charge in [-0.1, -0.05) is 17.7 Å². The summed E-state index contributed by atoms with van der Waals surface area (Å²) in [5, 5.41) is 0.638. The molecular weight excluding hydrogens is 394 g/mol. The number of esters is 1. The van der Waals surface area contributed by atoms with Gasteiger partial charge in [-0.2, -0.15) is 0 Å². The second-order valence-corrected chi connectivity index (χ2v) is 6.35. The summed E-state index contributed by atoms with van der Waals surface area (Å²) >= 11 is 5.88. The minimum atomic E-state index is -0.510. The van der Waals surface area contributed by atoms with E-state index in [1.807, 2.05) is 25.1 Å². The van der Waals surface area contributed by atoms with E-state index >= 15 is 0 Å². The van der Waals surface area contributed by atoms with E-state index in [1.54, 1.807) is 43.6 Å². The SMILES string of the molecule is CCOc1ccc(/C=C/C(=O)OCc2ncc(-c3ccc(Cl)cc3)o2)cc1OC. The van der Waals surface area contributed by atoms with Crippen LogP contribution in [-0.2, 0) is 16.1 Å². The number of oxazole rings is 1. The fraction of sp³-hybridized carbons (Fsp3) is 0.182. The van der Waals surface area contributed by atoms with Gasteiger partial charge < -0.3 is 18.6 Å². The van der Waals surface area contributed by atoms with Crippen LogP contribution in [0.2, 0.25) is 5.02 Å². The highest BCUT2D eigenvalue weighted by Gasteiger charge is 2.09. The summed E-state index contributed by atoms with van der Waals surface area (Å²) in [4.78, 5) is 16.1. The van der Waals surface area contributed by atoms with Gasteiger partial charge in [-0.3, -0.25) is 0 Å². The molecule has 0 amide bonds. The number of nitrogens with zero attached hydrogens (tertiary/aromatic N) is 1. The van der Waals surface area contributed by atoms with Crippen molar-refractivity contribution in [3.8, 4) is 22.8 Å². The number of hydrogen-bond acceptors (Lipinski definition) is 6. The van der Waals surface area contributed by atoms with Crippen molar-refractivity contribution in [1.29, 1.82) is 0 Å². The maximum atomic E-state index is 12.0. The molecule has 6 nitrogen and oxygen atoms in total. The summed E-state index contributed by atoms with van der Waals surface area (Å²) in [5.41, 5.74) is 1.62. The van der Waals surface area contributed by atoms with E-state index in [2.05, 4.69) is 4.98 Å². The minimum absolute atomic E-state index is 0.0661. The zero-order chi connectivity index (χ0) is 20.6. The van der Waals surface area contributed by atoms with Gasteiger partial charge >= 0.3 is 5.97 Å². The number of carbonyl (C=O) groups is 1. The van der Waals surface area contributed by atoms with E-state index in [4.69, 9.17) is 30.2 Å². The van der Waals surface area contributed by atoms with E-state index in [0.29, 0.717) is 34.8 Å². The Morgan fingerprint density at radius 3 is 2.69 bits per heavy atom. The number of carbonyl (C=O) groups excluding carboxylic acids is 1. The monoisotopic (exact) mass is 413 g/mol. The van der Waals surface area contributed by atoms with Gasteiger partial charge in [0.2, 0.25) is 5.89 Å². The molecule has 0 bridgehead atoms. The van der Waals surface area contributed by atoms with E-state index < -0.39 is 5.97 Å². The first kappa shape index (κ1) is 20.5. The molecule has 7 heteroatoms. The van der Waals surface area contributed by atoms with Crippen molar-refractivity contribution in [2.24, 2.45) is 0 Å².